The van der Waals surface area contributed by atoms with Crippen LogP contribution in [0.25, 0.3) is 0 Å². The lowest BCUT2D eigenvalue weighted by molar-refractivity contribution is -0.118. The molecule has 2 aliphatic rings. The van der Waals surface area contributed by atoms with E-state index in [2.05, 4.69) is 17.6 Å². The first-order valence-electron chi connectivity index (χ1n) is 7.40. The number of carbonyl (C=O) groups is 1. The summed E-state index contributed by atoms with van der Waals surface area (Å²) in [6.07, 6.45) is 3.58. The average Bonchev–Trinajstić information content (AvgIpc) is 2.88. The number of nitrogen functional groups attached to an aromatic ring is 1. The smallest absolute Gasteiger partial charge is 0.262 e. The zero-order chi connectivity index (χ0) is 14.8. The minimum atomic E-state index is -0.126. The molecule has 1 aromatic carbocycles. The number of hydrogen-bond acceptors (Lipinski definition) is 5. The second-order valence-electron chi connectivity index (χ2n) is 5.50. The van der Waals surface area contributed by atoms with Gasteiger partial charge in [-0.1, -0.05) is 6.92 Å². The molecule has 0 spiro atoms. The van der Waals surface area contributed by atoms with Crippen molar-refractivity contribution < 1.29 is 9.53 Å². The number of fused-ring (bicyclic) bond motifs is 1. The topological polar surface area (TPSA) is 76.4 Å². The third-order valence-electron chi connectivity index (χ3n) is 3.93. The Morgan fingerprint density at radius 2 is 2.33 bits per heavy atom. The molecule has 3 rings (SSSR count). The molecule has 1 saturated carbocycles. The Labute approximate surface area is 129 Å². The van der Waals surface area contributed by atoms with Crippen LogP contribution in [0.5, 0.6) is 5.75 Å². The minimum Gasteiger partial charge on any atom is -0.482 e. The van der Waals surface area contributed by atoms with E-state index in [9.17, 15) is 4.79 Å². The molecule has 6 heteroatoms. The van der Waals surface area contributed by atoms with Crippen molar-refractivity contribution in [1.29, 1.82) is 0 Å². The van der Waals surface area contributed by atoms with Crippen LogP contribution in [-0.2, 0) is 4.79 Å². The van der Waals surface area contributed by atoms with Gasteiger partial charge in [0.05, 0.1) is 17.1 Å². The second-order valence-corrected chi connectivity index (χ2v) is 7.08. The summed E-state index contributed by atoms with van der Waals surface area (Å²) >= 11 is 2.03. The maximum atomic E-state index is 11.4. The Hall–Kier alpha value is -1.56. The maximum Gasteiger partial charge on any atom is 0.262 e. The summed E-state index contributed by atoms with van der Waals surface area (Å²) in [6.45, 7) is 2.26. The third kappa shape index (κ3) is 3.20. The maximum absolute atomic E-state index is 11.4. The predicted octanol–water partition coefficient (Wildman–Crippen LogP) is 2.69. The van der Waals surface area contributed by atoms with E-state index >= 15 is 0 Å². The van der Waals surface area contributed by atoms with Gasteiger partial charge in [0.25, 0.3) is 5.91 Å². The summed E-state index contributed by atoms with van der Waals surface area (Å²) in [5.41, 5.74) is 8.33. The number of ether oxygens (including phenoxy) is 1. The van der Waals surface area contributed by atoms with Crippen molar-refractivity contribution in [2.24, 2.45) is 0 Å². The highest BCUT2D eigenvalue weighted by atomic mass is 32.2. The third-order valence-corrected chi connectivity index (χ3v) is 5.16. The molecule has 114 valence electrons. The van der Waals surface area contributed by atoms with Crippen LogP contribution in [0.4, 0.5) is 17.1 Å². The number of rotatable bonds is 4. The fraction of sp³-hybridized carbons (Fsp3) is 0.533. The number of hydrogen-bond donors (Lipinski definition) is 3. The summed E-state index contributed by atoms with van der Waals surface area (Å²) in [5, 5.41) is 7.08. The monoisotopic (exact) mass is 307 g/mol. The molecule has 1 aromatic rings. The highest BCUT2D eigenvalue weighted by Gasteiger charge is 2.25. The van der Waals surface area contributed by atoms with Crippen LogP contribution in [0.3, 0.4) is 0 Å². The van der Waals surface area contributed by atoms with Crippen molar-refractivity contribution in [3.63, 3.8) is 0 Å². The van der Waals surface area contributed by atoms with Crippen molar-refractivity contribution in [1.82, 2.24) is 0 Å². The van der Waals surface area contributed by atoms with Crippen molar-refractivity contribution in [3.8, 4) is 5.75 Å². The number of thioether (sulfide) groups is 1. The van der Waals surface area contributed by atoms with Crippen molar-refractivity contribution in [2.75, 3.05) is 28.7 Å². The van der Waals surface area contributed by atoms with E-state index in [4.69, 9.17) is 10.5 Å². The zero-order valence-corrected chi connectivity index (χ0v) is 13.0. The minimum absolute atomic E-state index is 0.0533. The number of nitrogens with one attached hydrogen (secondary N) is 2. The van der Waals surface area contributed by atoms with E-state index in [1.807, 2.05) is 17.8 Å². The Morgan fingerprint density at radius 1 is 1.48 bits per heavy atom. The lowest BCUT2D eigenvalue weighted by Crippen LogP contribution is -2.26. The van der Waals surface area contributed by atoms with Gasteiger partial charge in [-0.15, -0.1) is 0 Å². The molecule has 0 radical (unpaired) electrons. The normalized spacial score (nSPS) is 24.1. The number of nitrogens with two attached hydrogens (primary N) is 1. The molecule has 4 N–H and O–H groups in total. The van der Waals surface area contributed by atoms with Gasteiger partial charge in [-0.3, -0.25) is 4.79 Å². The van der Waals surface area contributed by atoms with Gasteiger partial charge in [-0.2, -0.15) is 11.8 Å². The molecule has 21 heavy (non-hydrogen) atoms. The van der Waals surface area contributed by atoms with Crippen molar-refractivity contribution in [3.05, 3.63) is 12.1 Å². The molecule has 2 atom stereocenters. The second kappa shape index (κ2) is 6.05. The molecule has 5 nitrogen and oxygen atoms in total. The Balaban J connectivity index is 1.71. The first-order valence-corrected chi connectivity index (χ1v) is 8.45. The molecule has 1 amide bonds. The fourth-order valence-corrected chi connectivity index (χ4v) is 4.09. The summed E-state index contributed by atoms with van der Waals surface area (Å²) in [6, 6.07) is 4.11. The van der Waals surface area contributed by atoms with Crippen LogP contribution in [0, 0.1) is 0 Å². The Bertz CT molecular complexity index is 550. The van der Waals surface area contributed by atoms with Crippen LogP contribution in [0.1, 0.15) is 26.2 Å². The van der Waals surface area contributed by atoms with Crippen molar-refractivity contribution >= 4 is 34.7 Å². The quantitative estimate of drug-likeness (QED) is 0.746. The van der Waals surface area contributed by atoms with E-state index in [0.29, 0.717) is 23.2 Å². The van der Waals surface area contributed by atoms with Gasteiger partial charge in [-0.25, -0.2) is 0 Å². The molecule has 0 saturated heterocycles. The summed E-state index contributed by atoms with van der Waals surface area (Å²) in [5.74, 6) is 1.68. The molecule has 0 aromatic heterocycles. The summed E-state index contributed by atoms with van der Waals surface area (Å²) in [4.78, 5) is 11.4. The van der Waals surface area contributed by atoms with E-state index in [-0.39, 0.29) is 12.5 Å². The lowest BCUT2D eigenvalue weighted by atomic mass is 10.1. The number of carbonyl (C=O) groups excluding carboxylic acids is 1. The van der Waals surface area contributed by atoms with Gasteiger partial charge in [0, 0.05) is 17.4 Å². The largest absolute Gasteiger partial charge is 0.482 e. The van der Waals surface area contributed by atoms with Crippen LogP contribution in [0.2, 0.25) is 0 Å². The number of anilines is 3. The first kappa shape index (κ1) is 14.4. The van der Waals surface area contributed by atoms with Crippen LogP contribution in [-0.4, -0.2) is 29.6 Å². The molecule has 0 bridgehead atoms. The highest BCUT2D eigenvalue weighted by molar-refractivity contribution is 7.99. The summed E-state index contributed by atoms with van der Waals surface area (Å²) < 4.78 is 5.37. The number of benzene rings is 1. The van der Waals surface area contributed by atoms with Gasteiger partial charge in [0.15, 0.2) is 6.61 Å². The average molecular weight is 307 g/mol. The van der Waals surface area contributed by atoms with Crippen LogP contribution < -0.4 is 21.1 Å². The number of amides is 1. The molecule has 1 aliphatic carbocycles. The first-order chi connectivity index (χ1) is 10.2. The molecule has 1 aliphatic heterocycles. The highest BCUT2D eigenvalue weighted by Crippen LogP contribution is 2.37. The van der Waals surface area contributed by atoms with Gasteiger partial charge < -0.3 is 21.1 Å². The van der Waals surface area contributed by atoms with Gasteiger partial charge in [0.2, 0.25) is 0 Å². The molecule has 1 heterocycles. The van der Waals surface area contributed by atoms with Crippen LogP contribution in [0.15, 0.2) is 12.1 Å². The van der Waals surface area contributed by atoms with E-state index in [1.54, 1.807) is 6.07 Å². The molecule has 2 unspecified atom stereocenters. The lowest BCUT2D eigenvalue weighted by Gasteiger charge is -2.22. The van der Waals surface area contributed by atoms with Gasteiger partial charge in [0.1, 0.15) is 5.75 Å². The van der Waals surface area contributed by atoms with E-state index < -0.39 is 0 Å². The van der Waals surface area contributed by atoms with E-state index in [1.165, 1.54) is 12.2 Å². The fourth-order valence-electron chi connectivity index (χ4n) is 2.95. The molecule has 1 fully saturated rings. The predicted molar refractivity (Wildman–Crippen MR) is 88.2 cm³/mol. The summed E-state index contributed by atoms with van der Waals surface area (Å²) in [7, 11) is 0. The molecular formula is C15H21N3O2S. The van der Waals surface area contributed by atoms with E-state index in [0.717, 1.165) is 23.8 Å². The molecular weight excluding hydrogens is 286 g/mol. The van der Waals surface area contributed by atoms with Crippen molar-refractivity contribution in [2.45, 2.75) is 37.5 Å². The Morgan fingerprint density at radius 3 is 3.14 bits per heavy atom. The standard InChI is InChI=1S/C15H21N3O2S/c1-2-21-10-4-3-9(5-10)17-12-7-13-14(6-11(12)16)20-8-15(19)18-13/h6-7,9-10,17H,2-5,8,16H2,1H3,(H,18,19). The van der Waals surface area contributed by atoms with Gasteiger partial charge in [-0.05, 0) is 31.1 Å². The SMILES string of the molecule is CCSC1CCC(Nc2cc3c(cc2N)OCC(=O)N3)C1. The van der Waals surface area contributed by atoms with Gasteiger partial charge >= 0.3 is 0 Å². The Kier molecular flexibility index (Phi) is 4.14. The zero-order valence-electron chi connectivity index (χ0n) is 12.1. The van der Waals surface area contributed by atoms with Crippen LogP contribution >= 0.6 is 11.8 Å².